The minimum absolute atomic E-state index is 0.0574. The van der Waals surface area contributed by atoms with Crippen LogP contribution in [0.5, 0.6) is 0 Å². The summed E-state index contributed by atoms with van der Waals surface area (Å²) in [5, 5.41) is 3.76. The number of hydrogen-bond donors (Lipinski definition) is 1. The van der Waals surface area contributed by atoms with Gasteiger partial charge >= 0.3 is 5.97 Å². The zero-order valence-corrected chi connectivity index (χ0v) is 11.3. The number of hydrogen-bond acceptors (Lipinski definition) is 5. The highest BCUT2D eigenvalue weighted by molar-refractivity contribution is 9.10. The van der Waals surface area contributed by atoms with Gasteiger partial charge in [0, 0.05) is 0 Å². The topological polar surface area (TPSA) is 83.0 Å². The van der Waals surface area contributed by atoms with Gasteiger partial charge in [-0.2, -0.15) is 0 Å². The van der Waals surface area contributed by atoms with Crippen molar-refractivity contribution in [3.63, 3.8) is 0 Å². The molecule has 0 radical (unpaired) electrons. The number of ether oxygens (including phenoxy) is 1. The lowest BCUT2D eigenvalue weighted by molar-refractivity contribution is -0.145. The number of halogens is 2. The molecule has 1 heterocycles. The zero-order chi connectivity index (χ0) is 13.8. The normalized spacial score (nSPS) is 10.4. The van der Waals surface area contributed by atoms with E-state index in [1.165, 1.54) is 17.1 Å². The van der Waals surface area contributed by atoms with Crippen molar-refractivity contribution in [1.29, 1.82) is 0 Å². The first-order valence-corrected chi connectivity index (χ1v) is 6.08. The third-order valence-electron chi connectivity index (χ3n) is 2.23. The van der Waals surface area contributed by atoms with Gasteiger partial charge in [-0.05, 0) is 33.6 Å². The largest absolute Gasteiger partial charge is 0.459 e. The Kier molecular flexibility index (Phi) is 4.10. The van der Waals surface area contributed by atoms with Crippen molar-refractivity contribution in [2.75, 3.05) is 5.73 Å². The molecule has 0 amide bonds. The van der Waals surface area contributed by atoms with E-state index >= 15 is 0 Å². The van der Waals surface area contributed by atoms with Crippen LogP contribution in [0.2, 0.25) is 0 Å². The molecule has 0 saturated carbocycles. The van der Waals surface area contributed by atoms with Crippen molar-refractivity contribution >= 4 is 27.8 Å². The molecule has 1 aromatic carbocycles. The standard InChI is InChI=1S/C11H10BrFN4O2/c12-8-3-7(1-2-9(8)13)5-19-10(18)4-17-6-15-11(14)16-17/h1-3,6H,4-5H2,(H2,14,16). The second-order valence-corrected chi connectivity index (χ2v) is 4.56. The van der Waals surface area contributed by atoms with Gasteiger partial charge in [-0.1, -0.05) is 6.07 Å². The molecule has 8 heteroatoms. The van der Waals surface area contributed by atoms with Crippen LogP contribution in [-0.4, -0.2) is 20.7 Å². The van der Waals surface area contributed by atoms with Gasteiger partial charge in [0.1, 0.15) is 25.3 Å². The first kappa shape index (κ1) is 13.5. The lowest BCUT2D eigenvalue weighted by Crippen LogP contribution is -2.14. The Hall–Kier alpha value is -1.96. The smallest absolute Gasteiger partial charge is 0.328 e. The van der Waals surface area contributed by atoms with Crippen LogP contribution in [0.1, 0.15) is 5.56 Å². The molecule has 100 valence electrons. The van der Waals surface area contributed by atoms with Crippen LogP contribution in [0, 0.1) is 5.82 Å². The maximum absolute atomic E-state index is 13.0. The molecule has 6 nitrogen and oxygen atoms in total. The van der Waals surface area contributed by atoms with Crippen molar-refractivity contribution in [1.82, 2.24) is 14.8 Å². The molecule has 2 rings (SSSR count). The van der Waals surface area contributed by atoms with E-state index in [2.05, 4.69) is 26.0 Å². The number of esters is 1. The van der Waals surface area contributed by atoms with Gasteiger partial charge in [0.05, 0.1) is 4.47 Å². The Morgan fingerprint density at radius 3 is 2.95 bits per heavy atom. The van der Waals surface area contributed by atoms with E-state index in [4.69, 9.17) is 10.5 Å². The second kappa shape index (κ2) is 5.79. The number of aromatic nitrogens is 3. The molecule has 0 bridgehead atoms. The summed E-state index contributed by atoms with van der Waals surface area (Å²) in [6.45, 7) is -0.0194. The van der Waals surface area contributed by atoms with Crippen LogP contribution in [0.15, 0.2) is 29.0 Å². The fraction of sp³-hybridized carbons (Fsp3) is 0.182. The summed E-state index contributed by atoms with van der Waals surface area (Å²) in [7, 11) is 0. The average molecular weight is 329 g/mol. The lowest BCUT2D eigenvalue weighted by atomic mass is 10.2. The first-order valence-electron chi connectivity index (χ1n) is 5.29. The lowest BCUT2D eigenvalue weighted by Gasteiger charge is -2.05. The second-order valence-electron chi connectivity index (χ2n) is 3.71. The molecule has 0 saturated heterocycles. The predicted octanol–water partition coefficient (Wildman–Crippen LogP) is 1.51. The van der Waals surface area contributed by atoms with E-state index in [0.29, 0.717) is 10.0 Å². The fourth-order valence-corrected chi connectivity index (χ4v) is 1.78. The number of carbonyl (C=O) groups is 1. The van der Waals surface area contributed by atoms with Crippen molar-refractivity contribution in [3.8, 4) is 0 Å². The minimum atomic E-state index is -0.481. The molecule has 2 aromatic rings. The molecule has 2 N–H and O–H groups in total. The monoisotopic (exact) mass is 328 g/mol. The van der Waals surface area contributed by atoms with Crippen LogP contribution in [-0.2, 0) is 22.7 Å². The van der Waals surface area contributed by atoms with E-state index in [1.54, 1.807) is 12.1 Å². The highest BCUT2D eigenvalue weighted by Gasteiger charge is 2.07. The Balaban J connectivity index is 1.88. The summed E-state index contributed by atoms with van der Waals surface area (Å²) >= 11 is 3.06. The molecule has 0 unspecified atom stereocenters. The highest BCUT2D eigenvalue weighted by Crippen LogP contribution is 2.17. The fourth-order valence-electron chi connectivity index (χ4n) is 1.36. The Bertz CT molecular complexity index is 602. The number of nitrogens with two attached hydrogens (primary N) is 1. The molecule has 0 fully saturated rings. The summed E-state index contributed by atoms with van der Waals surface area (Å²) in [6.07, 6.45) is 1.34. The van der Waals surface area contributed by atoms with Crippen LogP contribution >= 0.6 is 15.9 Å². The quantitative estimate of drug-likeness (QED) is 0.860. The van der Waals surface area contributed by atoms with Gasteiger partial charge in [-0.3, -0.25) is 4.79 Å². The van der Waals surface area contributed by atoms with Crippen molar-refractivity contribution in [2.24, 2.45) is 0 Å². The summed E-state index contributed by atoms with van der Waals surface area (Å²) in [5.74, 6) is -0.756. The van der Waals surface area contributed by atoms with E-state index in [0.717, 1.165) is 0 Å². The predicted molar refractivity (Wildman–Crippen MR) is 68.3 cm³/mol. The van der Waals surface area contributed by atoms with Gasteiger partial charge in [0.2, 0.25) is 5.95 Å². The van der Waals surface area contributed by atoms with Crippen molar-refractivity contribution in [2.45, 2.75) is 13.2 Å². The SMILES string of the molecule is Nc1ncn(CC(=O)OCc2ccc(F)c(Br)c2)n1. The third-order valence-corrected chi connectivity index (χ3v) is 2.84. The van der Waals surface area contributed by atoms with E-state index in [9.17, 15) is 9.18 Å². The van der Waals surface area contributed by atoms with E-state index in [-0.39, 0.29) is 24.9 Å². The first-order chi connectivity index (χ1) is 9.04. The van der Waals surface area contributed by atoms with Crippen LogP contribution in [0.4, 0.5) is 10.3 Å². The zero-order valence-electron chi connectivity index (χ0n) is 9.72. The van der Waals surface area contributed by atoms with Crippen LogP contribution in [0.3, 0.4) is 0 Å². The third kappa shape index (κ3) is 3.75. The maximum atomic E-state index is 13.0. The summed E-state index contributed by atoms with van der Waals surface area (Å²) in [6, 6.07) is 4.39. The molecule has 19 heavy (non-hydrogen) atoms. The number of carbonyl (C=O) groups excluding carboxylic acids is 1. The van der Waals surface area contributed by atoms with Gasteiger partial charge in [-0.25, -0.2) is 14.1 Å². The Labute approximate surface area is 116 Å². The average Bonchev–Trinajstić information content (AvgIpc) is 2.76. The molecule has 0 aliphatic carbocycles. The van der Waals surface area contributed by atoms with Gasteiger partial charge in [0.25, 0.3) is 0 Å². The van der Waals surface area contributed by atoms with Gasteiger partial charge in [0.15, 0.2) is 0 Å². The highest BCUT2D eigenvalue weighted by atomic mass is 79.9. The van der Waals surface area contributed by atoms with Crippen molar-refractivity contribution < 1.29 is 13.9 Å². The molecular weight excluding hydrogens is 319 g/mol. The van der Waals surface area contributed by atoms with E-state index in [1.807, 2.05) is 0 Å². The number of nitrogen functional groups attached to an aromatic ring is 1. The number of rotatable bonds is 4. The summed E-state index contributed by atoms with van der Waals surface area (Å²) in [4.78, 5) is 15.2. The Morgan fingerprint density at radius 2 is 2.32 bits per heavy atom. The molecule has 0 aliphatic heterocycles. The number of anilines is 1. The molecule has 0 aliphatic rings. The molecular formula is C11H10BrFN4O2. The van der Waals surface area contributed by atoms with Crippen LogP contribution < -0.4 is 5.73 Å². The van der Waals surface area contributed by atoms with E-state index < -0.39 is 5.97 Å². The Morgan fingerprint density at radius 1 is 1.53 bits per heavy atom. The summed E-state index contributed by atoms with van der Waals surface area (Å²) < 4.78 is 19.6. The molecule has 1 aromatic heterocycles. The van der Waals surface area contributed by atoms with Gasteiger partial charge in [-0.15, -0.1) is 5.10 Å². The maximum Gasteiger partial charge on any atom is 0.328 e. The molecule has 0 atom stereocenters. The number of benzene rings is 1. The van der Waals surface area contributed by atoms with Crippen LogP contribution in [0.25, 0.3) is 0 Å². The summed E-state index contributed by atoms with van der Waals surface area (Å²) in [5.41, 5.74) is 5.99. The number of nitrogens with zero attached hydrogens (tertiary/aromatic N) is 3. The molecule has 0 spiro atoms. The van der Waals surface area contributed by atoms with Gasteiger partial charge < -0.3 is 10.5 Å². The van der Waals surface area contributed by atoms with Crippen molar-refractivity contribution in [3.05, 3.63) is 40.4 Å². The minimum Gasteiger partial charge on any atom is -0.459 e.